The van der Waals surface area contributed by atoms with Crippen LogP contribution < -0.4 is 0 Å². The molecule has 1 aliphatic carbocycles. The van der Waals surface area contributed by atoms with Gasteiger partial charge in [-0.3, -0.25) is 9.05 Å². The molecule has 1 fully saturated rings. The predicted molar refractivity (Wildman–Crippen MR) is 87.7 cm³/mol. The van der Waals surface area contributed by atoms with Crippen LogP contribution in [0.3, 0.4) is 0 Å². The van der Waals surface area contributed by atoms with Crippen molar-refractivity contribution in [3.63, 3.8) is 0 Å². The van der Waals surface area contributed by atoms with Crippen LogP contribution in [-0.4, -0.2) is 107 Å². The molecule has 1 saturated carbocycles. The number of phosphoric acid groups is 1. The van der Waals surface area contributed by atoms with E-state index >= 15 is 0 Å². The van der Waals surface area contributed by atoms with Crippen molar-refractivity contribution in [2.45, 2.75) is 42.7 Å². The van der Waals surface area contributed by atoms with Gasteiger partial charge >= 0.3 is 7.82 Å². The average Bonchev–Trinajstić information content (AvgIpc) is 2.64. The Morgan fingerprint density at radius 2 is 1.15 bits per heavy atom. The summed E-state index contributed by atoms with van der Waals surface area (Å²) in [4.78, 5) is 9.97. The largest absolute Gasteiger partial charge is 0.472 e. The fourth-order valence-corrected chi connectivity index (χ4v) is 3.97. The highest BCUT2D eigenvalue weighted by Gasteiger charge is 2.55. The van der Waals surface area contributed by atoms with E-state index in [2.05, 4.69) is 0 Å². The van der Waals surface area contributed by atoms with E-state index in [4.69, 9.17) is 37.8 Å². The maximum atomic E-state index is 12.3. The van der Waals surface area contributed by atoms with Gasteiger partial charge in [-0.2, -0.15) is 0 Å². The van der Waals surface area contributed by atoms with Gasteiger partial charge in [-0.05, 0) is 0 Å². The summed E-state index contributed by atoms with van der Waals surface area (Å²) in [5.74, 6) is 0. The molecule has 11 nitrogen and oxygen atoms in total. The number of hydrogen-bond donors (Lipinski definition) is 3. The molecule has 12 heteroatoms. The van der Waals surface area contributed by atoms with E-state index in [-0.39, 0.29) is 0 Å². The van der Waals surface area contributed by atoms with Crippen LogP contribution in [0.15, 0.2) is 0 Å². The van der Waals surface area contributed by atoms with E-state index in [1.807, 2.05) is 0 Å². The highest BCUT2D eigenvalue weighted by Crippen LogP contribution is 2.48. The molecule has 1 aliphatic rings. The molecule has 0 bridgehead atoms. The zero-order valence-electron chi connectivity index (χ0n) is 15.5. The first-order valence-electron chi connectivity index (χ1n) is 7.88. The Hall–Kier alpha value is -0.170. The molecular formula is C14H29O11P. The fraction of sp³-hybridized carbons (Fsp3) is 1.00. The normalized spacial score (nSPS) is 35.8. The molecule has 0 aromatic carbocycles. The number of aliphatic hydroxyl groups excluding tert-OH is 2. The molecule has 0 aliphatic heterocycles. The molecule has 1 rings (SSSR count). The first-order valence-corrected chi connectivity index (χ1v) is 9.38. The summed E-state index contributed by atoms with van der Waals surface area (Å²) in [6.45, 7) is -1.22. The average molecular weight is 404 g/mol. The van der Waals surface area contributed by atoms with Gasteiger partial charge in [0.15, 0.2) is 0 Å². The van der Waals surface area contributed by atoms with Crippen LogP contribution in [0.25, 0.3) is 0 Å². The van der Waals surface area contributed by atoms with Crippen LogP contribution in [0.2, 0.25) is 0 Å². The van der Waals surface area contributed by atoms with Gasteiger partial charge in [0, 0.05) is 35.5 Å². The number of methoxy groups -OCH3 is 5. The van der Waals surface area contributed by atoms with Crippen molar-refractivity contribution in [3.8, 4) is 0 Å². The van der Waals surface area contributed by atoms with E-state index in [0.717, 1.165) is 0 Å². The minimum atomic E-state index is -4.61. The van der Waals surface area contributed by atoms with Crippen LogP contribution in [0.1, 0.15) is 0 Å². The standard InChI is InChI=1S/C14H29O11P/c1-19-9-10(20-2)12(22-4)14(13(23-5)11(9)21-3)25-26(17,18)24-7-8(16)6-15/h8-16H,6-7H2,1-5H3,(H,17,18)/t8?,9?,10-,11+,12-,13?,14-/m1/s1. The smallest absolute Gasteiger partial charge is 0.394 e. The summed E-state index contributed by atoms with van der Waals surface area (Å²) in [6, 6.07) is 0. The first kappa shape index (κ1) is 23.9. The van der Waals surface area contributed by atoms with Crippen molar-refractivity contribution in [1.82, 2.24) is 0 Å². The highest BCUT2D eigenvalue weighted by atomic mass is 31.2. The minimum absolute atomic E-state index is 0.588. The molecule has 156 valence electrons. The van der Waals surface area contributed by atoms with Crippen molar-refractivity contribution >= 4 is 7.82 Å². The fourth-order valence-electron chi connectivity index (χ4n) is 3.00. The van der Waals surface area contributed by atoms with Crippen molar-refractivity contribution in [2.24, 2.45) is 0 Å². The molecule has 0 saturated heterocycles. The van der Waals surface area contributed by atoms with E-state index < -0.39 is 63.8 Å². The highest BCUT2D eigenvalue weighted by molar-refractivity contribution is 7.47. The molecule has 8 atom stereocenters. The lowest BCUT2D eigenvalue weighted by Gasteiger charge is -2.48. The maximum Gasteiger partial charge on any atom is 0.472 e. The van der Waals surface area contributed by atoms with Gasteiger partial charge in [-0.25, -0.2) is 4.57 Å². The van der Waals surface area contributed by atoms with Crippen molar-refractivity contribution < 1.29 is 52.4 Å². The van der Waals surface area contributed by atoms with Gasteiger partial charge in [0.05, 0.1) is 13.2 Å². The summed E-state index contributed by atoms with van der Waals surface area (Å²) >= 11 is 0. The van der Waals surface area contributed by atoms with Gasteiger partial charge in [0.25, 0.3) is 0 Å². The second-order valence-corrected chi connectivity index (χ2v) is 7.08. The molecule has 0 aromatic heterocycles. The lowest BCUT2D eigenvalue weighted by atomic mass is 9.84. The van der Waals surface area contributed by atoms with E-state index in [0.29, 0.717) is 0 Å². The third-order valence-corrected chi connectivity index (χ3v) is 5.18. The van der Waals surface area contributed by atoms with Crippen molar-refractivity contribution in [2.75, 3.05) is 48.8 Å². The predicted octanol–water partition coefficient (Wildman–Crippen LogP) is -1.07. The Kier molecular flexibility index (Phi) is 10.1. The Morgan fingerprint density at radius 1 is 0.808 bits per heavy atom. The molecule has 4 unspecified atom stereocenters. The van der Waals surface area contributed by atoms with Crippen LogP contribution >= 0.6 is 7.82 Å². The molecular weight excluding hydrogens is 375 g/mol. The molecule has 0 radical (unpaired) electrons. The number of aliphatic hydroxyl groups is 2. The minimum Gasteiger partial charge on any atom is -0.394 e. The first-order chi connectivity index (χ1) is 12.3. The molecule has 0 heterocycles. The van der Waals surface area contributed by atoms with Crippen molar-refractivity contribution in [3.05, 3.63) is 0 Å². The van der Waals surface area contributed by atoms with E-state index in [1.165, 1.54) is 35.5 Å². The van der Waals surface area contributed by atoms with Crippen LogP contribution in [0, 0.1) is 0 Å². The molecule has 0 aromatic rings. The van der Waals surface area contributed by atoms with Gasteiger partial charge in [-0.15, -0.1) is 0 Å². The SMILES string of the molecule is COC1[C@H](OC)C(OC)[C@H](OP(=O)(O)OCC(O)CO)[C@H](OC)[C@@H]1OC. The summed E-state index contributed by atoms with van der Waals surface area (Å²) < 4.78 is 49.4. The maximum absolute atomic E-state index is 12.3. The lowest BCUT2D eigenvalue weighted by Crippen LogP contribution is -2.66. The molecule has 26 heavy (non-hydrogen) atoms. The Bertz CT molecular complexity index is 431. The number of hydrogen-bond acceptors (Lipinski definition) is 10. The Morgan fingerprint density at radius 3 is 1.46 bits per heavy atom. The summed E-state index contributed by atoms with van der Waals surface area (Å²) in [5, 5.41) is 18.1. The Labute approximate surface area is 152 Å². The van der Waals surface area contributed by atoms with E-state index in [9.17, 15) is 14.6 Å². The van der Waals surface area contributed by atoms with Gasteiger partial charge in [0.2, 0.25) is 0 Å². The van der Waals surface area contributed by atoms with Gasteiger partial charge < -0.3 is 38.8 Å². The summed E-state index contributed by atoms with van der Waals surface area (Å²) in [5.41, 5.74) is 0. The zero-order chi connectivity index (χ0) is 19.9. The molecule has 3 N–H and O–H groups in total. The third-order valence-electron chi connectivity index (χ3n) is 4.20. The van der Waals surface area contributed by atoms with Crippen LogP contribution in [0.4, 0.5) is 0 Å². The Balaban J connectivity index is 3.08. The monoisotopic (exact) mass is 404 g/mol. The summed E-state index contributed by atoms with van der Waals surface area (Å²) in [7, 11) is 2.51. The summed E-state index contributed by atoms with van der Waals surface area (Å²) in [6.07, 6.45) is -6.06. The van der Waals surface area contributed by atoms with Crippen LogP contribution in [-0.2, 0) is 37.3 Å². The lowest BCUT2D eigenvalue weighted by molar-refractivity contribution is -0.249. The van der Waals surface area contributed by atoms with Gasteiger partial charge in [0.1, 0.15) is 42.7 Å². The molecule has 0 spiro atoms. The topological polar surface area (TPSA) is 142 Å². The zero-order valence-corrected chi connectivity index (χ0v) is 16.4. The molecule has 0 amide bonds. The second-order valence-electron chi connectivity index (χ2n) is 5.67. The van der Waals surface area contributed by atoms with E-state index in [1.54, 1.807) is 0 Å². The quantitative estimate of drug-likeness (QED) is 0.362. The van der Waals surface area contributed by atoms with Crippen LogP contribution in [0.5, 0.6) is 0 Å². The second kappa shape index (κ2) is 11.0. The van der Waals surface area contributed by atoms with Crippen molar-refractivity contribution in [1.29, 1.82) is 0 Å². The number of phosphoric ester groups is 1. The number of ether oxygens (including phenoxy) is 5. The third kappa shape index (κ3) is 5.66. The number of rotatable bonds is 11. The van der Waals surface area contributed by atoms with Gasteiger partial charge in [-0.1, -0.05) is 0 Å².